The number of benzene rings is 1. The summed E-state index contributed by atoms with van der Waals surface area (Å²) >= 11 is 5.94. The minimum atomic E-state index is 0. The number of likely N-dealkylation sites (tertiary alicyclic amines) is 1. The Morgan fingerprint density at radius 3 is 2.52 bits per heavy atom. The molecule has 0 bridgehead atoms. The van der Waals surface area contributed by atoms with Crippen LogP contribution in [-0.2, 0) is 0 Å². The van der Waals surface area contributed by atoms with E-state index in [0.717, 1.165) is 24.2 Å². The van der Waals surface area contributed by atoms with Crippen molar-refractivity contribution in [2.75, 3.05) is 26.2 Å². The van der Waals surface area contributed by atoms with Gasteiger partial charge in [0.25, 0.3) is 0 Å². The summed E-state index contributed by atoms with van der Waals surface area (Å²) in [6.07, 6.45) is 5.06. The second-order valence-corrected chi connectivity index (χ2v) is 6.72. The van der Waals surface area contributed by atoms with Gasteiger partial charge in [0.15, 0.2) is 5.82 Å². The van der Waals surface area contributed by atoms with Crippen LogP contribution in [0.25, 0.3) is 11.4 Å². The monoisotopic (exact) mass is 381 g/mol. The number of hydrogen-bond donors (Lipinski definition) is 0. The molecule has 0 atom stereocenters. The summed E-state index contributed by atoms with van der Waals surface area (Å²) in [5, 5.41) is 0.709. The van der Waals surface area contributed by atoms with Gasteiger partial charge in [-0.25, -0.2) is 4.98 Å². The van der Waals surface area contributed by atoms with E-state index in [0.29, 0.717) is 23.3 Å². The van der Waals surface area contributed by atoms with Crippen molar-refractivity contribution < 1.29 is 4.74 Å². The van der Waals surface area contributed by atoms with E-state index in [4.69, 9.17) is 16.3 Å². The van der Waals surface area contributed by atoms with Gasteiger partial charge >= 0.3 is 0 Å². The molecule has 1 aliphatic rings. The van der Waals surface area contributed by atoms with E-state index in [1.807, 2.05) is 37.3 Å². The topological polar surface area (TPSA) is 38.2 Å². The van der Waals surface area contributed by atoms with Crippen molar-refractivity contribution in [3.63, 3.8) is 0 Å². The van der Waals surface area contributed by atoms with Gasteiger partial charge in [-0.3, -0.25) is 0 Å². The van der Waals surface area contributed by atoms with Gasteiger partial charge in [-0.1, -0.05) is 18.0 Å². The van der Waals surface area contributed by atoms with Gasteiger partial charge in [0.05, 0.1) is 6.61 Å². The molecule has 4 nitrogen and oxygen atoms in total. The summed E-state index contributed by atoms with van der Waals surface area (Å²) in [4.78, 5) is 11.5. The normalized spacial score (nSPS) is 14.8. The molecule has 136 valence electrons. The van der Waals surface area contributed by atoms with Gasteiger partial charge in [0.2, 0.25) is 5.88 Å². The number of hydrogen-bond acceptors (Lipinski definition) is 4. The molecule has 1 saturated heterocycles. The second kappa shape index (κ2) is 9.95. The molecule has 1 fully saturated rings. The molecule has 25 heavy (non-hydrogen) atoms. The molecular formula is C19H25Cl2N3O. The van der Waals surface area contributed by atoms with Crippen LogP contribution in [-0.4, -0.2) is 41.1 Å². The van der Waals surface area contributed by atoms with E-state index in [2.05, 4.69) is 14.9 Å². The number of aryl methyl sites for hydroxylation is 1. The second-order valence-electron chi connectivity index (χ2n) is 6.28. The Morgan fingerprint density at radius 2 is 1.80 bits per heavy atom. The molecule has 0 N–H and O–H groups in total. The Balaban J connectivity index is 0.00000225. The molecule has 2 aromatic rings. The van der Waals surface area contributed by atoms with Gasteiger partial charge in [-0.05, 0) is 63.5 Å². The quantitative estimate of drug-likeness (QED) is 0.674. The zero-order valence-electron chi connectivity index (χ0n) is 14.6. The van der Waals surface area contributed by atoms with E-state index < -0.39 is 0 Å². The molecule has 1 aromatic carbocycles. The van der Waals surface area contributed by atoms with Crippen LogP contribution in [0, 0.1) is 6.92 Å². The largest absolute Gasteiger partial charge is 0.478 e. The average Bonchev–Trinajstić information content (AvgIpc) is 2.60. The highest BCUT2D eigenvalue weighted by Crippen LogP contribution is 2.21. The lowest BCUT2D eigenvalue weighted by Gasteiger charge is -2.26. The van der Waals surface area contributed by atoms with Gasteiger partial charge in [0, 0.05) is 28.9 Å². The Kier molecular flexibility index (Phi) is 7.94. The lowest BCUT2D eigenvalue weighted by atomic mass is 10.1. The van der Waals surface area contributed by atoms with Gasteiger partial charge in [0.1, 0.15) is 0 Å². The summed E-state index contributed by atoms with van der Waals surface area (Å²) in [7, 11) is 0. The minimum absolute atomic E-state index is 0. The maximum Gasteiger partial charge on any atom is 0.217 e. The molecular weight excluding hydrogens is 357 g/mol. The number of ether oxygens (including phenoxy) is 1. The Labute approximate surface area is 161 Å². The molecule has 0 radical (unpaired) electrons. The summed E-state index contributed by atoms with van der Waals surface area (Å²) < 4.78 is 5.86. The third-order valence-electron chi connectivity index (χ3n) is 4.25. The van der Waals surface area contributed by atoms with Crippen molar-refractivity contribution in [1.82, 2.24) is 14.9 Å². The van der Waals surface area contributed by atoms with Crippen molar-refractivity contribution >= 4 is 24.0 Å². The van der Waals surface area contributed by atoms with Crippen LogP contribution >= 0.6 is 24.0 Å². The van der Waals surface area contributed by atoms with E-state index in [1.165, 1.54) is 32.4 Å². The van der Waals surface area contributed by atoms with Crippen LogP contribution < -0.4 is 4.74 Å². The van der Waals surface area contributed by atoms with Crippen LogP contribution in [0.2, 0.25) is 5.02 Å². The third kappa shape index (κ3) is 6.14. The molecule has 0 unspecified atom stereocenters. The lowest BCUT2D eigenvalue weighted by Crippen LogP contribution is -2.31. The maximum atomic E-state index is 5.94. The molecule has 0 saturated carbocycles. The van der Waals surface area contributed by atoms with Crippen LogP contribution in [0.1, 0.15) is 31.4 Å². The minimum Gasteiger partial charge on any atom is -0.478 e. The molecule has 0 aliphatic carbocycles. The van der Waals surface area contributed by atoms with Crippen molar-refractivity contribution in [3.8, 4) is 17.3 Å². The first-order valence-electron chi connectivity index (χ1n) is 8.67. The summed E-state index contributed by atoms with van der Waals surface area (Å²) in [5.41, 5.74) is 1.85. The Morgan fingerprint density at radius 1 is 1.08 bits per heavy atom. The standard InChI is InChI=1S/C19H24ClN3O.ClH/c1-15-14-18(24-13-5-12-23-10-3-2-4-11-23)22-19(21-15)16-6-8-17(20)9-7-16;/h6-9,14H,2-5,10-13H2,1H3;1H. The number of nitrogens with zero attached hydrogens (tertiary/aromatic N) is 3. The Bertz CT molecular complexity index is 658. The summed E-state index contributed by atoms with van der Waals surface area (Å²) in [6, 6.07) is 9.44. The van der Waals surface area contributed by atoms with Crippen LogP contribution in [0.15, 0.2) is 30.3 Å². The fourth-order valence-electron chi connectivity index (χ4n) is 2.99. The number of halogens is 2. The van der Waals surface area contributed by atoms with Gasteiger partial charge in [-0.2, -0.15) is 4.98 Å². The highest BCUT2D eigenvalue weighted by molar-refractivity contribution is 6.30. The van der Waals surface area contributed by atoms with Crippen molar-refractivity contribution in [2.45, 2.75) is 32.6 Å². The zero-order valence-corrected chi connectivity index (χ0v) is 16.2. The molecule has 1 aliphatic heterocycles. The maximum absolute atomic E-state index is 5.94. The fourth-order valence-corrected chi connectivity index (χ4v) is 3.12. The van der Waals surface area contributed by atoms with Crippen LogP contribution in [0.4, 0.5) is 0 Å². The van der Waals surface area contributed by atoms with E-state index in [1.54, 1.807) is 0 Å². The first-order valence-corrected chi connectivity index (χ1v) is 9.05. The molecule has 3 rings (SSSR count). The summed E-state index contributed by atoms with van der Waals surface area (Å²) in [6.45, 7) is 6.21. The van der Waals surface area contributed by atoms with E-state index >= 15 is 0 Å². The van der Waals surface area contributed by atoms with E-state index in [9.17, 15) is 0 Å². The smallest absolute Gasteiger partial charge is 0.217 e. The highest BCUT2D eigenvalue weighted by atomic mass is 35.5. The van der Waals surface area contributed by atoms with Gasteiger partial charge in [-0.15, -0.1) is 12.4 Å². The predicted octanol–water partition coefficient (Wildman–Crippen LogP) is 4.78. The first-order chi connectivity index (χ1) is 11.7. The molecule has 0 spiro atoms. The number of rotatable bonds is 6. The van der Waals surface area contributed by atoms with Crippen molar-refractivity contribution in [1.29, 1.82) is 0 Å². The van der Waals surface area contributed by atoms with E-state index in [-0.39, 0.29) is 12.4 Å². The van der Waals surface area contributed by atoms with Crippen LogP contribution in [0.3, 0.4) is 0 Å². The third-order valence-corrected chi connectivity index (χ3v) is 4.50. The predicted molar refractivity (Wildman–Crippen MR) is 105 cm³/mol. The fraction of sp³-hybridized carbons (Fsp3) is 0.474. The summed E-state index contributed by atoms with van der Waals surface area (Å²) in [5.74, 6) is 1.32. The van der Waals surface area contributed by atoms with Crippen molar-refractivity contribution in [2.24, 2.45) is 0 Å². The Hall–Kier alpha value is -1.36. The molecule has 6 heteroatoms. The first kappa shape index (κ1) is 20.0. The highest BCUT2D eigenvalue weighted by Gasteiger charge is 2.10. The van der Waals surface area contributed by atoms with Gasteiger partial charge < -0.3 is 9.64 Å². The SMILES string of the molecule is Cc1cc(OCCCN2CCCCC2)nc(-c2ccc(Cl)cc2)n1.Cl. The number of piperidine rings is 1. The number of aromatic nitrogens is 2. The molecule has 2 heterocycles. The van der Waals surface area contributed by atoms with Crippen molar-refractivity contribution in [3.05, 3.63) is 41.0 Å². The molecule has 1 aromatic heterocycles. The average molecular weight is 382 g/mol. The zero-order chi connectivity index (χ0) is 16.8. The molecule has 0 amide bonds. The lowest BCUT2D eigenvalue weighted by molar-refractivity contribution is 0.203. The van der Waals surface area contributed by atoms with Crippen LogP contribution in [0.5, 0.6) is 5.88 Å².